The molecule has 1 atom stereocenters. The zero-order valence-corrected chi connectivity index (χ0v) is 14.3. The van der Waals surface area contributed by atoms with Gasteiger partial charge in [-0.05, 0) is 24.8 Å². The standard InChI is InChI=1S/C18H22N4O2/c1-11-5-4-6-22(9-11)18-17-16(19-10-20-18)12-7-14(23-2)15(24-3)8-13(12)21-17/h7-8,10-11,21H,4-6,9H2,1-3H3/t11-/m0/s1. The molecule has 0 spiro atoms. The van der Waals surface area contributed by atoms with Crippen LogP contribution in [0.3, 0.4) is 0 Å². The Balaban J connectivity index is 1.91. The second-order valence-electron chi connectivity index (χ2n) is 6.49. The lowest BCUT2D eigenvalue weighted by atomic mass is 10.0. The Morgan fingerprint density at radius 2 is 1.96 bits per heavy atom. The molecule has 1 saturated heterocycles. The van der Waals surface area contributed by atoms with Crippen LogP contribution in [0.4, 0.5) is 5.82 Å². The van der Waals surface area contributed by atoms with Gasteiger partial charge in [0.05, 0.1) is 19.7 Å². The number of fused-ring (bicyclic) bond motifs is 3. The second-order valence-corrected chi connectivity index (χ2v) is 6.49. The van der Waals surface area contributed by atoms with Crippen molar-refractivity contribution in [3.05, 3.63) is 18.5 Å². The third-order valence-electron chi connectivity index (χ3n) is 4.82. The van der Waals surface area contributed by atoms with Crippen molar-refractivity contribution in [1.29, 1.82) is 0 Å². The number of aromatic nitrogens is 3. The van der Waals surface area contributed by atoms with Gasteiger partial charge < -0.3 is 19.4 Å². The highest BCUT2D eigenvalue weighted by atomic mass is 16.5. The lowest BCUT2D eigenvalue weighted by Crippen LogP contribution is -2.35. The number of rotatable bonds is 3. The minimum atomic E-state index is 0.688. The largest absolute Gasteiger partial charge is 0.493 e. The molecule has 3 aromatic rings. The third-order valence-corrected chi connectivity index (χ3v) is 4.82. The van der Waals surface area contributed by atoms with E-state index in [0.29, 0.717) is 17.4 Å². The normalized spacial score (nSPS) is 18.3. The molecule has 1 N–H and O–H groups in total. The van der Waals surface area contributed by atoms with Gasteiger partial charge in [0.2, 0.25) is 0 Å². The molecule has 1 aliphatic rings. The maximum Gasteiger partial charge on any atom is 0.162 e. The van der Waals surface area contributed by atoms with E-state index < -0.39 is 0 Å². The first kappa shape index (κ1) is 15.1. The Hall–Kier alpha value is -2.50. The molecule has 0 saturated carbocycles. The first-order valence-electron chi connectivity index (χ1n) is 8.34. The highest BCUT2D eigenvalue weighted by Crippen LogP contribution is 2.37. The average Bonchev–Trinajstić information content (AvgIpc) is 2.97. The summed E-state index contributed by atoms with van der Waals surface area (Å²) < 4.78 is 10.8. The van der Waals surface area contributed by atoms with Crippen molar-refractivity contribution in [3.8, 4) is 11.5 Å². The van der Waals surface area contributed by atoms with Gasteiger partial charge in [0.1, 0.15) is 17.4 Å². The maximum atomic E-state index is 5.43. The predicted molar refractivity (Wildman–Crippen MR) is 95.1 cm³/mol. The summed E-state index contributed by atoms with van der Waals surface area (Å²) in [6.45, 7) is 4.37. The van der Waals surface area contributed by atoms with Gasteiger partial charge in [-0.25, -0.2) is 9.97 Å². The summed E-state index contributed by atoms with van der Waals surface area (Å²) >= 11 is 0. The number of benzene rings is 1. The lowest BCUT2D eigenvalue weighted by molar-refractivity contribution is 0.356. The zero-order chi connectivity index (χ0) is 16.7. The Bertz CT molecular complexity index is 889. The molecule has 0 unspecified atom stereocenters. The third kappa shape index (κ3) is 2.33. The molecule has 126 valence electrons. The fourth-order valence-electron chi connectivity index (χ4n) is 3.63. The van der Waals surface area contributed by atoms with E-state index in [1.165, 1.54) is 12.8 Å². The van der Waals surface area contributed by atoms with Crippen molar-refractivity contribution in [3.63, 3.8) is 0 Å². The van der Waals surface area contributed by atoms with Gasteiger partial charge in [-0.3, -0.25) is 0 Å². The molecule has 24 heavy (non-hydrogen) atoms. The van der Waals surface area contributed by atoms with Crippen molar-refractivity contribution < 1.29 is 9.47 Å². The number of ether oxygens (including phenoxy) is 2. The van der Waals surface area contributed by atoms with Crippen LogP contribution < -0.4 is 14.4 Å². The molecule has 1 aliphatic heterocycles. The number of nitrogens with one attached hydrogen (secondary N) is 1. The van der Waals surface area contributed by atoms with Crippen molar-refractivity contribution in [2.24, 2.45) is 5.92 Å². The smallest absolute Gasteiger partial charge is 0.162 e. The van der Waals surface area contributed by atoms with Gasteiger partial charge in [0.15, 0.2) is 17.3 Å². The molecule has 0 radical (unpaired) electrons. The number of nitrogens with zero attached hydrogens (tertiary/aromatic N) is 3. The van der Waals surface area contributed by atoms with Gasteiger partial charge in [0, 0.05) is 24.5 Å². The molecule has 3 heterocycles. The molecule has 4 rings (SSSR count). The van der Waals surface area contributed by atoms with Gasteiger partial charge in [-0.15, -0.1) is 0 Å². The minimum Gasteiger partial charge on any atom is -0.493 e. The molecule has 6 nitrogen and oxygen atoms in total. The van der Waals surface area contributed by atoms with Gasteiger partial charge in [-0.1, -0.05) is 6.92 Å². The van der Waals surface area contributed by atoms with Crippen LogP contribution >= 0.6 is 0 Å². The van der Waals surface area contributed by atoms with E-state index in [9.17, 15) is 0 Å². The van der Waals surface area contributed by atoms with Crippen molar-refractivity contribution >= 4 is 27.8 Å². The van der Waals surface area contributed by atoms with E-state index in [1.54, 1.807) is 20.5 Å². The maximum absolute atomic E-state index is 5.43. The van der Waals surface area contributed by atoms with Crippen LogP contribution in [0.5, 0.6) is 11.5 Å². The Kier molecular flexibility index (Phi) is 3.67. The monoisotopic (exact) mass is 326 g/mol. The molecule has 2 aromatic heterocycles. The van der Waals surface area contributed by atoms with E-state index in [-0.39, 0.29) is 0 Å². The quantitative estimate of drug-likeness (QED) is 0.799. The van der Waals surface area contributed by atoms with Crippen LogP contribution in [0.1, 0.15) is 19.8 Å². The highest BCUT2D eigenvalue weighted by molar-refractivity contribution is 6.09. The van der Waals surface area contributed by atoms with E-state index >= 15 is 0 Å². The summed E-state index contributed by atoms with van der Waals surface area (Å²) in [5, 5.41) is 1.02. The first-order chi connectivity index (χ1) is 11.7. The van der Waals surface area contributed by atoms with Crippen LogP contribution in [0.25, 0.3) is 21.9 Å². The Morgan fingerprint density at radius 3 is 2.71 bits per heavy atom. The summed E-state index contributed by atoms with van der Waals surface area (Å²) in [5.41, 5.74) is 2.89. The van der Waals surface area contributed by atoms with Gasteiger partial charge >= 0.3 is 0 Å². The zero-order valence-electron chi connectivity index (χ0n) is 14.3. The van der Waals surface area contributed by atoms with Crippen LogP contribution in [-0.2, 0) is 0 Å². The van der Waals surface area contributed by atoms with Crippen LogP contribution in [-0.4, -0.2) is 42.3 Å². The van der Waals surface area contributed by atoms with Gasteiger partial charge in [-0.2, -0.15) is 0 Å². The minimum absolute atomic E-state index is 0.688. The fourth-order valence-corrected chi connectivity index (χ4v) is 3.63. The molecular formula is C18H22N4O2. The number of anilines is 1. The summed E-state index contributed by atoms with van der Waals surface area (Å²) in [5.74, 6) is 3.09. The van der Waals surface area contributed by atoms with Crippen molar-refractivity contribution in [2.75, 3.05) is 32.2 Å². The van der Waals surface area contributed by atoms with Crippen molar-refractivity contribution in [2.45, 2.75) is 19.8 Å². The molecular weight excluding hydrogens is 304 g/mol. The number of methoxy groups -OCH3 is 2. The number of aromatic amines is 1. The van der Waals surface area contributed by atoms with E-state index in [0.717, 1.165) is 40.8 Å². The predicted octanol–water partition coefficient (Wildman–Crippen LogP) is 3.36. The van der Waals surface area contributed by atoms with E-state index in [1.807, 2.05) is 12.1 Å². The van der Waals surface area contributed by atoms with Gasteiger partial charge in [0.25, 0.3) is 0 Å². The van der Waals surface area contributed by atoms with Crippen molar-refractivity contribution in [1.82, 2.24) is 15.0 Å². The Labute approximate surface area is 140 Å². The summed E-state index contributed by atoms with van der Waals surface area (Å²) in [7, 11) is 3.29. The SMILES string of the molecule is COc1cc2[nH]c3c(N4CCC[C@H](C)C4)ncnc3c2cc1OC. The molecule has 0 bridgehead atoms. The lowest BCUT2D eigenvalue weighted by Gasteiger charge is -2.31. The number of piperidine rings is 1. The number of hydrogen-bond acceptors (Lipinski definition) is 5. The number of H-pyrrole nitrogens is 1. The Morgan fingerprint density at radius 1 is 1.17 bits per heavy atom. The second kappa shape index (κ2) is 5.85. The average molecular weight is 326 g/mol. The van der Waals surface area contributed by atoms with E-state index in [2.05, 4.69) is 26.8 Å². The first-order valence-corrected chi connectivity index (χ1v) is 8.34. The van der Waals surface area contributed by atoms with Crippen LogP contribution in [0.15, 0.2) is 18.5 Å². The molecule has 1 aromatic carbocycles. The topological polar surface area (TPSA) is 63.3 Å². The fraction of sp³-hybridized carbons (Fsp3) is 0.444. The molecule has 1 fully saturated rings. The molecule has 6 heteroatoms. The highest BCUT2D eigenvalue weighted by Gasteiger charge is 2.22. The summed E-state index contributed by atoms with van der Waals surface area (Å²) in [6.07, 6.45) is 4.14. The summed E-state index contributed by atoms with van der Waals surface area (Å²) in [6, 6.07) is 3.93. The van der Waals surface area contributed by atoms with E-state index in [4.69, 9.17) is 9.47 Å². The summed E-state index contributed by atoms with van der Waals surface area (Å²) in [4.78, 5) is 14.9. The van der Waals surface area contributed by atoms with Crippen LogP contribution in [0.2, 0.25) is 0 Å². The molecule has 0 amide bonds. The van der Waals surface area contributed by atoms with Crippen LogP contribution in [0, 0.1) is 5.92 Å². The number of hydrogen-bond donors (Lipinski definition) is 1. The molecule has 0 aliphatic carbocycles.